The van der Waals surface area contributed by atoms with Crippen molar-refractivity contribution in [2.24, 2.45) is 5.92 Å². The Labute approximate surface area is 142 Å². The van der Waals surface area contributed by atoms with Gasteiger partial charge in [0.25, 0.3) is 0 Å². The molecule has 1 saturated carbocycles. The van der Waals surface area contributed by atoms with Gasteiger partial charge in [0.05, 0.1) is 5.92 Å². The smallest absolute Gasteiger partial charge is 0.308 e. The molecule has 1 fully saturated rings. The minimum Gasteiger partial charge on any atom is -0.492 e. The molecule has 1 aliphatic carbocycles. The summed E-state index contributed by atoms with van der Waals surface area (Å²) in [7, 11) is 0. The lowest BCUT2D eigenvalue weighted by Gasteiger charge is -2.24. The molecular formula is C19H25NO4. The number of carbonyl (C=O) groups is 2. The number of nitrogens with one attached hydrogen (secondary N) is 1. The van der Waals surface area contributed by atoms with Crippen LogP contribution in [-0.2, 0) is 9.59 Å². The molecule has 0 spiro atoms. The van der Waals surface area contributed by atoms with Gasteiger partial charge in [0.1, 0.15) is 18.3 Å². The van der Waals surface area contributed by atoms with E-state index in [-0.39, 0.29) is 17.9 Å². The second kappa shape index (κ2) is 6.83. The molecule has 5 nitrogen and oxygen atoms in total. The first-order valence-electron chi connectivity index (χ1n) is 8.74. The molecule has 1 heterocycles. The number of hydrogen-bond acceptors (Lipinski definition) is 3. The van der Waals surface area contributed by atoms with Crippen LogP contribution in [0.25, 0.3) is 0 Å². The van der Waals surface area contributed by atoms with Crippen LogP contribution in [0.1, 0.15) is 54.7 Å². The molecule has 1 unspecified atom stereocenters. The highest BCUT2D eigenvalue weighted by molar-refractivity contribution is 5.86. The molecule has 0 radical (unpaired) electrons. The van der Waals surface area contributed by atoms with E-state index in [0.717, 1.165) is 48.1 Å². The van der Waals surface area contributed by atoms with Crippen LogP contribution in [-0.4, -0.2) is 29.6 Å². The third kappa shape index (κ3) is 3.25. The predicted octanol–water partition coefficient (Wildman–Crippen LogP) is 2.93. The summed E-state index contributed by atoms with van der Waals surface area (Å²) in [5.74, 6) is -0.990. The Morgan fingerprint density at radius 1 is 1.12 bits per heavy atom. The summed E-state index contributed by atoms with van der Waals surface area (Å²) >= 11 is 0. The van der Waals surface area contributed by atoms with E-state index >= 15 is 0 Å². The molecule has 130 valence electrons. The fourth-order valence-corrected chi connectivity index (χ4v) is 3.75. The maximum atomic E-state index is 12.8. The number of ether oxygens (including phenoxy) is 1. The van der Waals surface area contributed by atoms with Crippen molar-refractivity contribution in [3.05, 3.63) is 28.8 Å². The first-order valence-corrected chi connectivity index (χ1v) is 8.74. The Morgan fingerprint density at radius 3 is 2.58 bits per heavy atom. The fourth-order valence-electron chi connectivity index (χ4n) is 3.75. The van der Waals surface area contributed by atoms with E-state index in [1.807, 2.05) is 26.0 Å². The van der Waals surface area contributed by atoms with E-state index in [2.05, 4.69) is 5.32 Å². The van der Waals surface area contributed by atoms with Crippen molar-refractivity contribution in [3.8, 4) is 5.75 Å². The van der Waals surface area contributed by atoms with Crippen LogP contribution < -0.4 is 10.1 Å². The number of benzene rings is 1. The monoisotopic (exact) mass is 331 g/mol. The first kappa shape index (κ1) is 16.8. The van der Waals surface area contributed by atoms with Crippen molar-refractivity contribution in [2.45, 2.75) is 57.9 Å². The number of carbonyl (C=O) groups excluding carboxylic acids is 1. The van der Waals surface area contributed by atoms with Crippen LogP contribution in [0, 0.1) is 19.8 Å². The zero-order valence-corrected chi connectivity index (χ0v) is 14.3. The topological polar surface area (TPSA) is 75.6 Å². The summed E-state index contributed by atoms with van der Waals surface area (Å²) in [6, 6.07) is 3.71. The lowest BCUT2D eigenvalue weighted by atomic mass is 9.92. The van der Waals surface area contributed by atoms with E-state index in [1.54, 1.807) is 0 Å². The Morgan fingerprint density at radius 2 is 1.83 bits per heavy atom. The van der Waals surface area contributed by atoms with Crippen molar-refractivity contribution in [2.75, 3.05) is 6.61 Å². The van der Waals surface area contributed by atoms with Gasteiger partial charge < -0.3 is 15.2 Å². The quantitative estimate of drug-likeness (QED) is 0.835. The summed E-state index contributed by atoms with van der Waals surface area (Å²) in [6.45, 7) is 4.37. The highest BCUT2D eigenvalue weighted by atomic mass is 16.5. The van der Waals surface area contributed by atoms with Crippen molar-refractivity contribution in [3.63, 3.8) is 0 Å². The summed E-state index contributed by atoms with van der Waals surface area (Å²) in [6.07, 6.45) is 4.28. The van der Waals surface area contributed by atoms with Gasteiger partial charge in [-0.25, -0.2) is 0 Å². The molecule has 24 heavy (non-hydrogen) atoms. The SMILES string of the molecule is Cc1cc2c(cc1C)C(C(=O)N[C@H]1CCCCC[C@H]1C(=O)O)CO2. The average molecular weight is 331 g/mol. The lowest BCUT2D eigenvalue weighted by Crippen LogP contribution is -2.45. The minimum absolute atomic E-state index is 0.116. The van der Waals surface area contributed by atoms with Crippen molar-refractivity contribution >= 4 is 11.9 Å². The van der Waals surface area contributed by atoms with Gasteiger partial charge in [-0.1, -0.05) is 25.3 Å². The largest absolute Gasteiger partial charge is 0.492 e. The van der Waals surface area contributed by atoms with Gasteiger partial charge in [0.15, 0.2) is 0 Å². The summed E-state index contributed by atoms with van der Waals surface area (Å²) in [4.78, 5) is 24.3. The van der Waals surface area contributed by atoms with Crippen molar-refractivity contribution in [1.29, 1.82) is 0 Å². The highest BCUT2D eigenvalue weighted by Gasteiger charge is 2.35. The molecule has 5 heteroatoms. The molecule has 2 aliphatic rings. The van der Waals surface area contributed by atoms with Crippen LogP contribution >= 0.6 is 0 Å². The average Bonchev–Trinajstić information content (AvgIpc) is 2.78. The van der Waals surface area contributed by atoms with Gasteiger partial charge in [-0.05, 0) is 43.9 Å². The Bertz CT molecular complexity index is 655. The summed E-state index contributed by atoms with van der Waals surface area (Å²) < 4.78 is 5.68. The van der Waals surface area contributed by atoms with Crippen LogP contribution in [0.15, 0.2) is 12.1 Å². The molecule has 3 atom stereocenters. The Hall–Kier alpha value is -2.04. The number of amides is 1. The number of aryl methyl sites for hydroxylation is 2. The zero-order chi connectivity index (χ0) is 17.3. The molecular weight excluding hydrogens is 306 g/mol. The van der Waals surface area contributed by atoms with Crippen LogP contribution in [0.2, 0.25) is 0 Å². The standard InChI is InChI=1S/C19H25NO4/c1-11-8-14-15(10-24-17(14)9-12(11)2)18(21)20-16-7-5-3-4-6-13(16)19(22)23/h8-9,13,15-16H,3-7,10H2,1-2H3,(H,20,21)(H,22,23)/t13-,15?,16+/m1/s1. The third-order valence-corrected chi connectivity index (χ3v) is 5.38. The lowest BCUT2D eigenvalue weighted by molar-refractivity contribution is -0.143. The molecule has 1 aromatic rings. The van der Waals surface area contributed by atoms with Crippen molar-refractivity contribution in [1.82, 2.24) is 5.32 Å². The molecule has 1 amide bonds. The number of carboxylic acid groups (broad SMARTS) is 1. The Balaban J connectivity index is 1.76. The predicted molar refractivity (Wildman–Crippen MR) is 90.3 cm³/mol. The van der Waals surface area contributed by atoms with E-state index in [0.29, 0.717) is 13.0 Å². The van der Waals surface area contributed by atoms with E-state index in [1.165, 1.54) is 0 Å². The highest BCUT2D eigenvalue weighted by Crippen LogP contribution is 2.36. The van der Waals surface area contributed by atoms with E-state index in [4.69, 9.17) is 4.74 Å². The normalized spacial score (nSPS) is 26.2. The second-order valence-electron chi connectivity index (χ2n) is 7.04. The first-order chi connectivity index (χ1) is 11.5. The number of rotatable bonds is 3. The number of carboxylic acids is 1. The second-order valence-corrected chi connectivity index (χ2v) is 7.04. The van der Waals surface area contributed by atoms with E-state index in [9.17, 15) is 14.7 Å². The number of aliphatic carboxylic acids is 1. The maximum absolute atomic E-state index is 12.8. The van der Waals surface area contributed by atoms with Gasteiger partial charge in [0.2, 0.25) is 5.91 Å². The molecule has 0 bridgehead atoms. The fraction of sp³-hybridized carbons (Fsp3) is 0.579. The Kier molecular flexibility index (Phi) is 4.78. The number of fused-ring (bicyclic) bond motifs is 1. The van der Waals surface area contributed by atoms with Crippen molar-refractivity contribution < 1.29 is 19.4 Å². The minimum atomic E-state index is -0.809. The molecule has 2 N–H and O–H groups in total. The third-order valence-electron chi connectivity index (χ3n) is 5.38. The zero-order valence-electron chi connectivity index (χ0n) is 14.3. The van der Waals surface area contributed by atoms with Crippen LogP contribution in [0.5, 0.6) is 5.75 Å². The molecule has 0 saturated heterocycles. The van der Waals surface area contributed by atoms with Gasteiger partial charge in [-0.2, -0.15) is 0 Å². The molecule has 1 aliphatic heterocycles. The van der Waals surface area contributed by atoms with E-state index < -0.39 is 11.9 Å². The molecule has 1 aromatic carbocycles. The molecule has 0 aromatic heterocycles. The molecule has 3 rings (SSSR count). The van der Waals surface area contributed by atoms with Crippen LogP contribution in [0.3, 0.4) is 0 Å². The number of hydrogen-bond donors (Lipinski definition) is 2. The van der Waals surface area contributed by atoms with Gasteiger partial charge in [-0.3, -0.25) is 9.59 Å². The summed E-state index contributed by atoms with van der Waals surface area (Å²) in [5, 5.41) is 12.5. The van der Waals surface area contributed by atoms with Gasteiger partial charge in [-0.15, -0.1) is 0 Å². The summed E-state index contributed by atoms with van der Waals surface area (Å²) in [5.41, 5.74) is 3.19. The van der Waals surface area contributed by atoms with Gasteiger partial charge in [0, 0.05) is 11.6 Å². The van der Waals surface area contributed by atoms with Crippen LogP contribution in [0.4, 0.5) is 0 Å². The maximum Gasteiger partial charge on any atom is 0.308 e. The van der Waals surface area contributed by atoms with Gasteiger partial charge >= 0.3 is 5.97 Å².